The van der Waals surface area contributed by atoms with E-state index in [1.165, 1.54) is 11.1 Å². The molecule has 0 saturated heterocycles. The summed E-state index contributed by atoms with van der Waals surface area (Å²) in [6.45, 7) is 4.08. The molecule has 1 aromatic heterocycles. The first-order chi connectivity index (χ1) is 12.6. The summed E-state index contributed by atoms with van der Waals surface area (Å²) in [5, 5.41) is 7.44. The van der Waals surface area contributed by atoms with E-state index >= 15 is 0 Å². The Hall–Kier alpha value is -2.53. The first-order valence-electron chi connectivity index (χ1n) is 8.65. The maximum absolute atomic E-state index is 12.2. The molecule has 4 nitrogen and oxygen atoms in total. The molecule has 0 fully saturated rings. The quantitative estimate of drug-likeness (QED) is 0.679. The lowest BCUT2D eigenvalue weighted by atomic mass is 10.1. The number of benzene rings is 2. The van der Waals surface area contributed by atoms with Crippen LogP contribution in [0, 0.1) is 6.92 Å². The number of thioether (sulfide) groups is 1. The lowest BCUT2D eigenvalue weighted by Crippen LogP contribution is -2.28. The fourth-order valence-corrected chi connectivity index (χ4v) is 3.59. The Morgan fingerprint density at radius 3 is 2.65 bits per heavy atom. The topological polar surface area (TPSA) is 46.9 Å². The summed E-state index contributed by atoms with van der Waals surface area (Å²) >= 11 is 1.64. The SMILES string of the molecule is Cc1ccccc1CSCC(=O)NC(C)c1cnn(-c2ccccc2)c1. The third-order valence-corrected chi connectivity index (χ3v) is 5.23. The molecule has 1 heterocycles. The summed E-state index contributed by atoms with van der Waals surface area (Å²) < 4.78 is 1.82. The first-order valence-corrected chi connectivity index (χ1v) is 9.80. The van der Waals surface area contributed by atoms with Gasteiger partial charge in [0, 0.05) is 17.5 Å². The summed E-state index contributed by atoms with van der Waals surface area (Å²) in [7, 11) is 0. The van der Waals surface area contributed by atoms with E-state index in [4.69, 9.17) is 0 Å². The highest BCUT2D eigenvalue weighted by molar-refractivity contribution is 7.99. The third-order valence-electron chi connectivity index (χ3n) is 4.25. The Bertz CT molecular complexity index is 860. The highest BCUT2D eigenvalue weighted by Gasteiger charge is 2.12. The molecule has 0 aliphatic carbocycles. The molecule has 1 amide bonds. The molecule has 1 unspecified atom stereocenters. The summed E-state index contributed by atoms with van der Waals surface area (Å²) in [5.41, 5.74) is 4.54. The Morgan fingerprint density at radius 2 is 1.88 bits per heavy atom. The van der Waals surface area contributed by atoms with Crippen LogP contribution in [-0.2, 0) is 10.5 Å². The van der Waals surface area contributed by atoms with Crippen LogP contribution in [0.1, 0.15) is 29.7 Å². The lowest BCUT2D eigenvalue weighted by Gasteiger charge is -2.12. The summed E-state index contributed by atoms with van der Waals surface area (Å²) in [6, 6.07) is 18.2. The van der Waals surface area contributed by atoms with E-state index < -0.39 is 0 Å². The van der Waals surface area contributed by atoms with Gasteiger partial charge in [-0.1, -0.05) is 42.5 Å². The van der Waals surface area contributed by atoms with Gasteiger partial charge in [-0.05, 0) is 37.1 Å². The molecule has 0 radical (unpaired) electrons. The monoisotopic (exact) mass is 365 g/mol. The minimum absolute atomic E-state index is 0.0449. The molecule has 2 aromatic carbocycles. The predicted molar refractivity (Wildman–Crippen MR) is 107 cm³/mol. The van der Waals surface area contributed by atoms with E-state index in [9.17, 15) is 4.79 Å². The molecule has 5 heteroatoms. The van der Waals surface area contributed by atoms with Crippen LogP contribution in [0.2, 0.25) is 0 Å². The second-order valence-electron chi connectivity index (χ2n) is 6.26. The molecule has 3 rings (SSSR count). The van der Waals surface area contributed by atoms with Crippen LogP contribution >= 0.6 is 11.8 Å². The van der Waals surface area contributed by atoms with E-state index in [1.54, 1.807) is 18.0 Å². The van der Waals surface area contributed by atoms with Crippen molar-refractivity contribution in [3.05, 3.63) is 83.7 Å². The maximum atomic E-state index is 12.2. The van der Waals surface area contributed by atoms with Crippen LogP contribution < -0.4 is 5.32 Å². The van der Waals surface area contributed by atoms with E-state index in [1.807, 2.05) is 60.3 Å². The highest BCUT2D eigenvalue weighted by Crippen LogP contribution is 2.17. The standard InChI is InChI=1S/C21H23N3OS/c1-16-8-6-7-9-18(16)14-26-15-21(25)23-17(2)19-12-22-24(13-19)20-10-4-3-5-11-20/h3-13,17H,14-15H2,1-2H3,(H,23,25). The molecule has 0 spiro atoms. The van der Waals surface area contributed by atoms with E-state index in [2.05, 4.69) is 29.5 Å². The summed E-state index contributed by atoms with van der Waals surface area (Å²) in [6.07, 6.45) is 3.76. The first kappa shape index (κ1) is 18.3. The van der Waals surface area contributed by atoms with Crippen molar-refractivity contribution in [1.29, 1.82) is 0 Å². The van der Waals surface area contributed by atoms with Crippen LogP contribution in [0.25, 0.3) is 5.69 Å². The van der Waals surface area contributed by atoms with Crippen LogP contribution in [0.4, 0.5) is 0 Å². The van der Waals surface area contributed by atoms with Gasteiger partial charge in [-0.2, -0.15) is 5.10 Å². The molecule has 26 heavy (non-hydrogen) atoms. The Labute approximate surface area is 158 Å². The van der Waals surface area contributed by atoms with Crippen LogP contribution in [0.15, 0.2) is 67.0 Å². The average molecular weight is 366 g/mol. The van der Waals surface area contributed by atoms with Crippen molar-refractivity contribution in [1.82, 2.24) is 15.1 Å². The fraction of sp³-hybridized carbons (Fsp3) is 0.238. The molecular weight excluding hydrogens is 342 g/mol. The van der Waals surface area contributed by atoms with E-state index in [0.29, 0.717) is 5.75 Å². The number of carbonyl (C=O) groups excluding carboxylic acids is 1. The van der Waals surface area contributed by atoms with Gasteiger partial charge in [0.15, 0.2) is 0 Å². The van der Waals surface area contributed by atoms with Gasteiger partial charge in [-0.3, -0.25) is 4.79 Å². The Morgan fingerprint density at radius 1 is 1.15 bits per heavy atom. The normalized spacial score (nSPS) is 11.9. The minimum atomic E-state index is -0.0703. The number of hydrogen-bond acceptors (Lipinski definition) is 3. The fourth-order valence-electron chi connectivity index (χ4n) is 2.67. The van der Waals surface area contributed by atoms with Crippen LogP contribution in [-0.4, -0.2) is 21.4 Å². The largest absolute Gasteiger partial charge is 0.349 e. The number of carbonyl (C=O) groups is 1. The predicted octanol–water partition coefficient (Wildman–Crippen LogP) is 4.29. The van der Waals surface area contributed by atoms with Crippen molar-refractivity contribution < 1.29 is 4.79 Å². The zero-order valence-electron chi connectivity index (χ0n) is 15.1. The van der Waals surface area contributed by atoms with Crippen molar-refractivity contribution in [2.75, 3.05) is 5.75 Å². The number of rotatable bonds is 7. The van der Waals surface area contributed by atoms with Crippen molar-refractivity contribution in [2.24, 2.45) is 0 Å². The number of nitrogens with one attached hydrogen (secondary N) is 1. The van der Waals surface area contributed by atoms with Gasteiger partial charge in [-0.25, -0.2) is 4.68 Å². The minimum Gasteiger partial charge on any atom is -0.349 e. The van der Waals surface area contributed by atoms with Gasteiger partial charge < -0.3 is 5.32 Å². The van der Waals surface area contributed by atoms with Gasteiger partial charge in [0.25, 0.3) is 0 Å². The molecule has 134 valence electrons. The zero-order chi connectivity index (χ0) is 18.4. The molecule has 0 bridgehead atoms. The van der Waals surface area contributed by atoms with Crippen molar-refractivity contribution in [3.8, 4) is 5.69 Å². The molecule has 0 aliphatic heterocycles. The van der Waals surface area contributed by atoms with Gasteiger partial charge in [0.05, 0.1) is 23.7 Å². The number of nitrogens with zero attached hydrogens (tertiary/aromatic N) is 2. The van der Waals surface area contributed by atoms with Crippen molar-refractivity contribution in [2.45, 2.75) is 25.6 Å². The molecule has 0 saturated carbocycles. The number of para-hydroxylation sites is 1. The van der Waals surface area contributed by atoms with Crippen molar-refractivity contribution in [3.63, 3.8) is 0 Å². The highest BCUT2D eigenvalue weighted by atomic mass is 32.2. The number of amides is 1. The second kappa shape index (κ2) is 8.72. The van der Waals surface area contributed by atoms with Crippen molar-refractivity contribution >= 4 is 17.7 Å². The van der Waals surface area contributed by atoms with E-state index in [0.717, 1.165) is 17.0 Å². The zero-order valence-corrected chi connectivity index (χ0v) is 15.9. The molecule has 1 atom stereocenters. The van der Waals surface area contributed by atoms with Gasteiger partial charge >= 0.3 is 0 Å². The van der Waals surface area contributed by atoms with Gasteiger partial charge in [-0.15, -0.1) is 11.8 Å². The summed E-state index contributed by atoms with van der Waals surface area (Å²) in [4.78, 5) is 12.2. The van der Waals surface area contributed by atoms with E-state index in [-0.39, 0.29) is 11.9 Å². The van der Waals surface area contributed by atoms with Crippen LogP contribution in [0.3, 0.4) is 0 Å². The Balaban J connectivity index is 1.50. The molecule has 1 N–H and O–H groups in total. The third kappa shape index (κ3) is 4.76. The Kier molecular flexibility index (Phi) is 6.12. The lowest BCUT2D eigenvalue weighted by molar-refractivity contribution is -0.119. The smallest absolute Gasteiger partial charge is 0.230 e. The summed E-state index contributed by atoms with van der Waals surface area (Å²) in [5.74, 6) is 1.34. The number of hydrogen-bond donors (Lipinski definition) is 1. The maximum Gasteiger partial charge on any atom is 0.230 e. The number of aryl methyl sites for hydroxylation is 1. The van der Waals surface area contributed by atoms with Gasteiger partial charge in [0.1, 0.15) is 0 Å². The number of aromatic nitrogens is 2. The molecular formula is C21H23N3OS. The second-order valence-corrected chi connectivity index (χ2v) is 7.25. The van der Waals surface area contributed by atoms with Gasteiger partial charge in [0.2, 0.25) is 5.91 Å². The average Bonchev–Trinajstić information content (AvgIpc) is 3.14. The van der Waals surface area contributed by atoms with Crippen LogP contribution in [0.5, 0.6) is 0 Å². The molecule has 3 aromatic rings. The molecule has 0 aliphatic rings.